The van der Waals surface area contributed by atoms with Gasteiger partial charge >= 0.3 is 0 Å². The monoisotopic (exact) mass is 405 g/mol. The van der Waals surface area contributed by atoms with E-state index in [-0.39, 0.29) is 0 Å². The smallest absolute Gasteiger partial charge is 0.177 e. The van der Waals surface area contributed by atoms with Crippen LogP contribution in [0, 0.1) is 0 Å². The molecule has 2 aromatic heterocycles. The van der Waals surface area contributed by atoms with Gasteiger partial charge in [-0.3, -0.25) is 10.7 Å². The van der Waals surface area contributed by atoms with E-state index in [1.165, 1.54) is 30.9 Å². The highest BCUT2D eigenvalue weighted by Gasteiger charge is 2.18. The summed E-state index contributed by atoms with van der Waals surface area (Å²) in [6.45, 7) is 0. The number of aromatic nitrogens is 1. The van der Waals surface area contributed by atoms with Crippen LogP contribution in [-0.2, 0) is 0 Å². The molecule has 6 aromatic rings. The summed E-state index contributed by atoms with van der Waals surface area (Å²) in [5.41, 5.74) is 9.98. The van der Waals surface area contributed by atoms with Gasteiger partial charge in [0.05, 0.1) is 15.7 Å². The van der Waals surface area contributed by atoms with Gasteiger partial charge in [-0.1, -0.05) is 78.9 Å². The number of benzene rings is 4. The van der Waals surface area contributed by atoms with Gasteiger partial charge in [-0.25, -0.2) is 0 Å². The molecule has 0 aliphatic rings. The number of fused-ring (bicyclic) bond motifs is 7. The second-order valence-corrected chi connectivity index (χ2v) is 8.48. The van der Waals surface area contributed by atoms with Crippen LogP contribution in [0.15, 0.2) is 96.0 Å². The topological polar surface area (TPSA) is 43.3 Å². The lowest BCUT2D eigenvalue weighted by atomic mass is 10.1. The maximum absolute atomic E-state index is 6.67. The van der Waals surface area contributed by atoms with Gasteiger partial charge in [0, 0.05) is 32.5 Å². The fraction of sp³-hybridized carbons (Fsp3) is 0.0385. The van der Waals surface area contributed by atoms with Crippen molar-refractivity contribution in [2.75, 3.05) is 0 Å². The predicted molar refractivity (Wildman–Crippen MR) is 130 cm³/mol. The van der Waals surface area contributed by atoms with Crippen molar-refractivity contribution in [1.29, 1.82) is 0 Å². The average Bonchev–Trinajstić information content (AvgIpc) is 3.34. The van der Waals surface area contributed by atoms with Crippen LogP contribution >= 0.6 is 11.3 Å². The van der Waals surface area contributed by atoms with E-state index in [4.69, 9.17) is 10.7 Å². The van der Waals surface area contributed by atoms with E-state index in [1.807, 2.05) is 47.9 Å². The molecule has 6 rings (SSSR count). The molecule has 144 valence electrons. The Hall–Kier alpha value is -3.47. The van der Waals surface area contributed by atoms with Crippen LogP contribution in [0.5, 0.6) is 0 Å². The molecule has 1 unspecified atom stereocenters. The zero-order valence-electron chi connectivity index (χ0n) is 16.2. The van der Waals surface area contributed by atoms with Gasteiger partial charge in [0.25, 0.3) is 0 Å². The lowest BCUT2D eigenvalue weighted by molar-refractivity contribution is 0.586. The summed E-state index contributed by atoms with van der Waals surface area (Å²) in [5.74, 6) is 0. The summed E-state index contributed by atoms with van der Waals surface area (Å²) in [4.78, 5) is 4.72. The van der Waals surface area contributed by atoms with Crippen LogP contribution in [0.25, 0.3) is 42.0 Å². The number of nitrogens with two attached hydrogens (primary N) is 1. The van der Waals surface area contributed by atoms with E-state index in [0.29, 0.717) is 0 Å². The number of thiophene rings is 1. The summed E-state index contributed by atoms with van der Waals surface area (Å²) in [7, 11) is 0. The number of hydrogen-bond donors (Lipinski definition) is 1. The molecule has 2 heterocycles. The lowest BCUT2D eigenvalue weighted by Crippen LogP contribution is -2.16. The highest BCUT2D eigenvalue weighted by molar-refractivity contribution is 7.26. The first-order valence-corrected chi connectivity index (χ1v) is 10.8. The molecule has 4 heteroatoms. The van der Waals surface area contributed by atoms with Gasteiger partial charge in [-0.15, -0.1) is 11.3 Å². The maximum atomic E-state index is 6.67. The van der Waals surface area contributed by atoms with E-state index in [2.05, 4.69) is 65.2 Å². The molecule has 4 aromatic carbocycles. The molecule has 0 bridgehead atoms. The molecule has 0 aliphatic carbocycles. The molecular formula is C26H19N3S. The number of para-hydroxylation sites is 1. The first-order chi connectivity index (χ1) is 14.8. The second-order valence-electron chi connectivity index (χ2n) is 7.43. The number of rotatable bonds is 3. The highest BCUT2D eigenvalue weighted by atomic mass is 32.1. The van der Waals surface area contributed by atoms with Crippen LogP contribution in [0.1, 0.15) is 11.9 Å². The summed E-state index contributed by atoms with van der Waals surface area (Å²) in [5, 5.41) is 4.98. The van der Waals surface area contributed by atoms with E-state index in [0.717, 1.165) is 16.6 Å². The Morgan fingerprint density at radius 3 is 2.30 bits per heavy atom. The van der Waals surface area contributed by atoms with Crippen LogP contribution in [0.2, 0.25) is 0 Å². The summed E-state index contributed by atoms with van der Waals surface area (Å²) >= 11 is 1.82. The highest BCUT2D eigenvalue weighted by Crippen LogP contribution is 2.42. The molecular weight excluding hydrogens is 386 g/mol. The Kier molecular flexibility index (Phi) is 3.94. The van der Waals surface area contributed by atoms with Crippen LogP contribution in [0.3, 0.4) is 0 Å². The van der Waals surface area contributed by atoms with Crippen molar-refractivity contribution in [1.82, 2.24) is 4.57 Å². The first kappa shape index (κ1) is 17.4. The predicted octanol–water partition coefficient (Wildman–Crippen LogP) is 6.70. The van der Waals surface area contributed by atoms with Crippen LogP contribution in [-0.4, -0.2) is 10.8 Å². The van der Waals surface area contributed by atoms with Crippen molar-refractivity contribution in [3.05, 3.63) is 96.6 Å². The van der Waals surface area contributed by atoms with E-state index in [1.54, 1.807) is 0 Å². The quantitative estimate of drug-likeness (QED) is 0.327. The van der Waals surface area contributed by atoms with Crippen LogP contribution in [0.4, 0.5) is 0 Å². The Morgan fingerprint density at radius 1 is 0.733 bits per heavy atom. The van der Waals surface area contributed by atoms with E-state index >= 15 is 0 Å². The van der Waals surface area contributed by atoms with Crippen molar-refractivity contribution < 1.29 is 0 Å². The molecule has 3 nitrogen and oxygen atoms in total. The molecule has 0 spiro atoms. The molecule has 0 saturated carbocycles. The van der Waals surface area contributed by atoms with Crippen LogP contribution < -0.4 is 5.73 Å². The molecule has 0 fully saturated rings. The standard InChI is InChI=1S/C26H19N3S/c27-26(28-16-17-8-2-1-3-9-17)29-22-12-6-4-10-18(22)20-14-15-21-19-11-5-7-13-23(19)30-25(21)24(20)29/h1-16,26H,27H2. The van der Waals surface area contributed by atoms with Gasteiger partial charge in [-0.2, -0.15) is 0 Å². The second kappa shape index (κ2) is 6.80. The van der Waals surface area contributed by atoms with Gasteiger partial charge in [0.15, 0.2) is 6.29 Å². The van der Waals surface area contributed by atoms with Gasteiger partial charge in [0.1, 0.15) is 0 Å². The third-order valence-electron chi connectivity index (χ3n) is 5.66. The molecule has 0 amide bonds. The molecule has 0 radical (unpaired) electrons. The Bertz CT molecular complexity index is 1560. The molecule has 0 saturated heterocycles. The first-order valence-electron chi connectivity index (χ1n) is 9.98. The zero-order chi connectivity index (χ0) is 20.1. The fourth-order valence-corrected chi connectivity index (χ4v) is 5.55. The minimum Gasteiger partial charge on any atom is -0.304 e. The molecule has 1 atom stereocenters. The van der Waals surface area contributed by atoms with Crippen molar-refractivity contribution in [3.8, 4) is 0 Å². The van der Waals surface area contributed by atoms with Crippen molar-refractivity contribution in [3.63, 3.8) is 0 Å². The zero-order valence-corrected chi connectivity index (χ0v) is 17.0. The Balaban J connectivity index is 1.67. The van der Waals surface area contributed by atoms with Gasteiger partial charge in [-0.05, 0) is 17.7 Å². The number of nitrogens with zero attached hydrogens (tertiary/aromatic N) is 2. The average molecular weight is 406 g/mol. The minimum absolute atomic E-state index is 0.511. The largest absolute Gasteiger partial charge is 0.304 e. The third-order valence-corrected chi connectivity index (χ3v) is 6.85. The number of hydrogen-bond acceptors (Lipinski definition) is 3. The Labute approximate surface area is 177 Å². The summed E-state index contributed by atoms with van der Waals surface area (Å²) < 4.78 is 4.73. The van der Waals surface area contributed by atoms with E-state index < -0.39 is 6.29 Å². The van der Waals surface area contributed by atoms with Crippen molar-refractivity contribution in [2.24, 2.45) is 10.7 Å². The maximum Gasteiger partial charge on any atom is 0.177 e. The van der Waals surface area contributed by atoms with Crippen molar-refractivity contribution in [2.45, 2.75) is 6.29 Å². The normalized spacial score (nSPS) is 13.2. The summed E-state index contributed by atoms with van der Waals surface area (Å²) in [6.07, 6.45) is 1.35. The van der Waals surface area contributed by atoms with Gasteiger partial charge in [0.2, 0.25) is 0 Å². The molecule has 30 heavy (non-hydrogen) atoms. The fourth-order valence-electron chi connectivity index (χ4n) is 4.31. The third kappa shape index (κ3) is 2.58. The SMILES string of the molecule is NC(N=Cc1ccccc1)n1c2ccccc2c2ccc3c4ccccc4sc3c21. The Morgan fingerprint density at radius 2 is 1.43 bits per heavy atom. The molecule has 0 aliphatic heterocycles. The summed E-state index contributed by atoms with van der Waals surface area (Å²) in [6, 6.07) is 31.6. The minimum atomic E-state index is -0.511. The number of aliphatic imine (C=N–C) groups is 1. The lowest BCUT2D eigenvalue weighted by Gasteiger charge is -2.13. The van der Waals surface area contributed by atoms with Gasteiger partial charge < -0.3 is 4.57 Å². The molecule has 2 N–H and O–H groups in total. The van der Waals surface area contributed by atoms with E-state index in [9.17, 15) is 0 Å². The van der Waals surface area contributed by atoms with Crippen molar-refractivity contribution >= 4 is 59.5 Å².